The van der Waals surface area contributed by atoms with Gasteiger partial charge in [0.1, 0.15) is 11.5 Å². The summed E-state index contributed by atoms with van der Waals surface area (Å²) in [6, 6.07) is 27.5. The SMILES string of the molecule is CCOc1ccc(C(=O)NCc2ccc(CNC(=O)Cc3cccc(CC(C)NC[C@H](O)c4ccc(O)c(CO)c4)c3)cc2)cc1. The zero-order valence-corrected chi connectivity index (χ0v) is 26.3. The second kappa shape index (κ2) is 17.1. The molecule has 0 aliphatic carbocycles. The lowest BCUT2D eigenvalue weighted by Gasteiger charge is -2.18. The van der Waals surface area contributed by atoms with Gasteiger partial charge in [-0.1, -0.05) is 54.6 Å². The number of nitrogens with one attached hydrogen (secondary N) is 3. The molecule has 0 bridgehead atoms. The van der Waals surface area contributed by atoms with E-state index in [1.807, 2.05) is 62.4 Å². The van der Waals surface area contributed by atoms with Gasteiger partial charge in [0.15, 0.2) is 0 Å². The van der Waals surface area contributed by atoms with Gasteiger partial charge in [-0.25, -0.2) is 0 Å². The van der Waals surface area contributed by atoms with Crippen LogP contribution in [-0.4, -0.2) is 46.3 Å². The monoisotopic (exact) mass is 625 g/mol. The molecule has 242 valence electrons. The van der Waals surface area contributed by atoms with Crippen LogP contribution in [-0.2, 0) is 37.3 Å². The molecule has 9 heteroatoms. The van der Waals surface area contributed by atoms with E-state index in [-0.39, 0.29) is 36.6 Å². The standard InChI is InChI=1S/C37H43N3O6/c1-3-46-33-14-11-30(12-15-33)37(45)40-22-27-9-7-26(8-10-27)21-39-36(44)19-29-6-4-5-28(18-29)17-25(2)38-23-35(43)31-13-16-34(42)32(20-31)24-41/h4-16,18,20,25,35,38,41-43H,3,17,19,21-24H2,1-2H3,(H,39,44)(H,40,45)/t25?,35-/m0/s1. The summed E-state index contributed by atoms with van der Waals surface area (Å²) in [5.74, 6) is 0.503. The molecule has 0 aliphatic heterocycles. The molecule has 0 saturated heterocycles. The van der Waals surface area contributed by atoms with Crippen LogP contribution >= 0.6 is 0 Å². The van der Waals surface area contributed by atoms with Crippen molar-refractivity contribution in [3.8, 4) is 11.5 Å². The molecule has 0 saturated carbocycles. The molecular weight excluding hydrogens is 582 g/mol. The molecule has 0 aliphatic rings. The predicted molar refractivity (Wildman–Crippen MR) is 177 cm³/mol. The molecule has 1 unspecified atom stereocenters. The van der Waals surface area contributed by atoms with Gasteiger partial charge in [-0.15, -0.1) is 0 Å². The van der Waals surface area contributed by atoms with E-state index in [1.54, 1.807) is 36.4 Å². The van der Waals surface area contributed by atoms with Crippen molar-refractivity contribution in [1.29, 1.82) is 0 Å². The lowest BCUT2D eigenvalue weighted by molar-refractivity contribution is -0.120. The quantitative estimate of drug-likeness (QED) is 0.109. The molecule has 0 fully saturated rings. The van der Waals surface area contributed by atoms with E-state index in [0.29, 0.717) is 49.4 Å². The van der Waals surface area contributed by atoms with Crippen molar-refractivity contribution in [2.24, 2.45) is 0 Å². The van der Waals surface area contributed by atoms with E-state index >= 15 is 0 Å². The number of aliphatic hydroxyl groups is 2. The fourth-order valence-corrected chi connectivity index (χ4v) is 5.04. The van der Waals surface area contributed by atoms with Gasteiger partial charge < -0.3 is 36.0 Å². The first-order valence-corrected chi connectivity index (χ1v) is 15.5. The first-order valence-electron chi connectivity index (χ1n) is 15.5. The largest absolute Gasteiger partial charge is 0.508 e. The summed E-state index contributed by atoms with van der Waals surface area (Å²) in [7, 11) is 0. The molecule has 6 N–H and O–H groups in total. The zero-order valence-electron chi connectivity index (χ0n) is 26.3. The van der Waals surface area contributed by atoms with Crippen molar-refractivity contribution >= 4 is 11.8 Å². The number of benzene rings is 4. The molecule has 2 atom stereocenters. The van der Waals surface area contributed by atoms with E-state index in [4.69, 9.17) is 4.74 Å². The normalized spacial score (nSPS) is 12.3. The van der Waals surface area contributed by atoms with Crippen LogP contribution in [0.25, 0.3) is 0 Å². The van der Waals surface area contributed by atoms with Crippen LogP contribution < -0.4 is 20.7 Å². The molecule has 46 heavy (non-hydrogen) atoms. The lowest BCUT2D eigenvalue weighted by atomic mass is 10.0. The fraction of sp³-hybridized carbons (Fsp3) is 0.297. The summed E-state index contributed by atoms with van der Waals surface area (Å²) in [5.41, 5.74) is 5.49. The Balaban J connectivity index is 1.18. The summed E-state index contributed by atoms with van der Waals surface area (Å²) in [4.78, 5) is 25.2. The Morgan fingerprint density at radius 2 is 1.50 bits per heavy atom. The maximum atomic E-state index is 12.7. The zero-order chi connectivity index (χ0) is 32.9. The topological polar surface area (TPSA) is 140 Å². The Bertz CT molecular complexity index is 1570. The summed E-state index contributed by atoms with van der Waals surface area (Å²) >= 11 is 0. The van der Waals surface area contributed by atoms with Crippen LogP contribution in [0.2, 0.25) is 0 Å². The maximum Gasteiger partial charge on any atom is 0.251 e. The average Bonchev–Trinajstić information content (AvgIpc) is 3.06. The number of carbonyl (C=O) groups excluding carboxylic acids is 2. The van der Waals surface area contributed by atoms with Gasteiger partial charge in [0.2, 0.25) is 5.91 Å². The smallest absolute Gasteiger partial charge is 0.251 e. The van der Waals surface area contributed by atoms with Crippen LogP contribution in [0.5, 0.6) is 11.5 Å². The van der Waals surface area contributed by atoms with E-state index < -0.39 is 6.10 Å². The van der Waals surface area contributed by atoms with Crippen LogP contribution in [0.15, 0.2) is 91.0 Å². The minimum absolute atomic E-state index is 0.00271. The van der Waals surface area contributed by atoms with E-state index in [9.17, 15) is 24.9 Å². The molecule has 4 aromatic carbocycles. The van der Waals surface area contributed by atoms with Crippen LogP contribution in [0.4, 0.5) is 0 Å². The van der Waals surface area contributed by atoms with Crippen molar-refractivity contribution in [2.45, 2.75) is 58.5 Å². The highest BCUT2D eigenvalue weighted by Gasteiger charge is 2.13. The highest BCUT2D eigenvalue weighted by atomic mass is 16.5. The second-order valence-electron chi connectivity index (χ2n) is 11.3. The molecule has 0 radical (unpaired) electrons. The molecule has 0 heterocycles. The minimum Gasteiger partial charge on any atom is -0.508 e. The number of ether oxygens (including phenoxy) is 1. The van der Waals surface area contributed by atoms with Crippen LogP contribution in [0.1, 0.15) is 63.7 Å². The van der Waals surface area contributed by atoms with Crippen molar-refractivity contribution < 1.29 is 29.6 Å². The molecule has 9 nitrogen and oxygen atoms in total. The van der Waals surface area contributed by atoms with Gasteiger partial charge in [-0.2, -0.15) is 0 Å². The van der Waals surface area contributed by atoms with E-state index in [0.717, 1.165) is 28.0 Å². The minimum atomic E-state index is -0.782. The van der Waals surface area contributed by atoms with Crippen molar-refractivity contribution in [3.63, 3.8) is 0 Å². The Morgan fingerprint density at radius 1 is 0.826 bits per heavy atom. The predicted octanol–water partition coefficient (Wildman–Crippen LogP) is 4.33. The van der Waals surface area contributed by atoms with E-state index in [1.165, 1.54) is 6.07 Å². The number of phenols is 1. The summed E-state index contributed by atoms with van der Waals surface area (Å²) in [5, 5.41) is 38.9. The Labute approximate surface area is 270 Å². The van der Waals surface area contributed by atoms with Gasteiger partial charge >= 0.3 is 0 Å². The molecule has 0 spiro atoms. The van der Waals surface area contributed by atoms with Crippen LogP contribution in [0, 0.1) is 0 Å². The van der Waals surface area contributed by atoms with Crippen molar-refractivity contribution in [1.82, 2.24) is 16.0 Å². The highest BCUT2D eigenvalue weighted by Crippen LogP contribution is 2.22. The van der Waals surface area contributed by atoms with Gasteiger partial charge in [-0.3, -0.25) is 9.59 Å². The van der Waals surface area contributed by atoms with Crippen LogP contribution in [0.3, 0.4) is 0 Å². The number of hydrogen-bond acceptors (Lipinski definition) is 7. The Hall–Kier alpha value is -4.70. The summed E-state index contributed by atoms with van der Waals surface area (Å²) < 4.78 is 5.42. The number of rotatable bonds is 16. The fourth-order valence-electron chi connectivity index (χ4n) is 5.04. The lowest BCUT2D eigenvalue weighted by Crippen LogP contribution is -2.32. The maximum absolute atomic E-state index is 12.7. The summed E-state index contributed by atoms with van der Waals surface area (Å²) in [6.07, 6.45) is 0.195. The molecule has 0 aromatic heterocycles. The first kappa shape index (κ1) is 34.2. The number of carbonyl (C=O) groups is 2. The number of aliphatic hydroxyl groups excluding tert-OH is 2. The van der Waals surface area contributed by atoms with Gasteiger partial charge in [0.25, 0.3) is 5.91 Å². The average molecular weight is 626 g/mol. The molecule has 4 aromatic rings. The number of hydrogen-bond donors (Lipinski definition) is 6. The third-order valence-corrected chi connectivity index (χ3v) is 7.61. The Kier molecular flexibility index (Phi) is 12.7. The summed E-state index contributed by atoms with van der Waals surface area (Å²) in [6.45, 7) is 5.34. The highest BCUT2D eigenvalue weighted by molar-refractivity contribution is 5.94. The van der Waals surface area contributed by atoms with E-state index in [2.05, 4.69) is 16.0 Å². The van der Waals surface area contributed by atoms with Crippen molar-refractivity contribution in [2.75, 3.05) is 13.2 Å². The number of amides is 2. The molecular formula is C37H43N3O6. The van der Waals surface area contributed by atoms with Gasteiger partial charge in [0, 0.05) is 36.8 Å². The van der Waals surface area contributed by atoms with Gasteiger partial charge in [0.05, 0.1) is 25.7 Å². The van der Waals surface area contributed by atoms with Crippen molar-refractivity contribution in [3.05, 3.63) is 130 Å². The number of aromatic hydroxyl groups is 1. The first-order chi connectivity index (χ1) is 22.2. The molecule has 4 rings (SSSR count). The van der Waals surface area contributed by atoms with Gasteiger partial charge in [-0.05, 0) is 84.5 Å². The third-order valence-electron chi connectivity index (χ3n) is 7.61. The Morgan fingerprint density at radius 3 is 2.17 bits per heavy atom. The third kappa shape index (κ3) is 10.4. The molecule has 2 amide bonds. The second-order valence-corrected chi connectivity index (χ2v) is 11.3.